The highest BCUT2D eigenvalue weighted by atomic mass is 16.6. The number of fused-ring (bicyclic) bond motifs is 3. The molecule has 202 valence electrons. The summed E-state index contributed by atoms with van der Waals surface area (Å²) in [7, 11) is 5.58. The zero-order chi connectivity index (χ0) is 27.7. The molecule has 2 aromatic carbocycles. The molecule has 1 aliphatic rings. The molecule has 0 heterocycles. The van der Waals surface area contributed by atoms with Gasteiger partial charge in [0, 0.05) is 12.5 Å². The Hall–Kier alpha value is -3.33. The summed E-state index contributed by atoms with van der Waals surface area (Å²) >= 11 is 0. The monoisotopic (exact) mass is 520 g/mol. The van der Waals surface area contributed by atoms with Crippen molar-refractivity contribution in [3.63, 3.8) is 0 Å². The Balaban J connectivity index is 1.68. The van der Waals surface area contributed by atoms with Crippen LogP contribution in [0.25, 0.3) is 11.1 Å². The van der Waals surface area contributed by atoms with Crippen molar-refractivity contribution < 1.29 is 28.6 Å². The van der Waals surface area contributed by atoms with Crippen LogP contribution in [0.5, 0.6) is 0 Å². The second-order valence-corrected chi connectivity index (χ2v) is 10.3. The van der Waals surface area contributed by atoms with Crippen molar-refractivity contribution in [3.8, 4) is 11.1 Å². The van der Waals surface area contributed by atoms with Gasteiger partial charge in [0.2, 0.25) is 5.91 Å². The standard InChI is InChI=1S/C29H37BN2O6/c1-5-14-36-27(34)17-32(26(33)15-30)16-20(18-38-29(2,3)4)31-28(35)37-19-25-23-12-8-6-10-21(23)22-11-7-9-13-24(22)25/h6-13,20,25H,5,14-19H2,1-4H3,(H,31,35)/t20-/m1/s1. The van der Waals surface area contributed by atoms with Gasteiger partial charge < -0.3 is 24.4 Å². The summed E-state index contributed by atoms with van der Waals surface area (Å²) < 4.78 is 16.7. The number of ether oxygens (including phenoxy) is 3. The van der Waals surface area contributed by atoms with Crippen LogP contribution in [-0.2, 0) is 23.8 Å². The van der Waals surface area contributed by atoms with Crippen LogP contribution in [0.3, 0.4) is 0 Å². The minimum atomic E-state index is -0.639. The van der Waals surface area contributed by atoms with Crippen LogP contribution in [0.15, 0.2) is 48.5 Å². The van der Waals surface area contributed by atoms with E-state index in [1.165, 1.54) is 4.90 Å². The van der Waals surface area contributed by atoms with Gasteiger partial charge in [-0.1, -0.05) is 55.5 Å². The van der Waals surface area contributed by atoms with Gasteiger partial charge in [0.05, 0.1) is 32.7 Å². The molecule has 2 radical (unpaired) electrons. The van der Waals surface area contributed by atoms with Crippen molar-refractivity contribution in [2.24, 2.45) is 0 Å². The molecule has 8 nitrogen and oxygen atoms in total. The van der Waals surface area contributed by atoms with E-state index in [9.17, 15) is 14.4 Å². The molecule has 0 bridgehead atoms. The zero-order valence-electron chi connectivity index (χ0n) is 22.7. The predicted octanol–water partition coefficient (Wildman–Crippen LogP) is 4.08. The van der Waals surface area contributed by atoms with E-state index in [-0.39, 0.29) is 45.1 Å². The molecule has 2 amide bonds. The van der Waals surface area contributed by atoms with Gasteiger partial charge in [-0.05, 0) is 55.8 Å². The lowest BCUT2D eigenvalue weighted by Crippen LogP contribution is -2.50. The molecule has 3 rings (SSSR count). The van der Waals surface area contributed by atoms with Gasteiger partial charge in [-0.15, -0.1) is 0 Å². The summed E-state index contributed by atoms with van der Waals surface area (Å²) in [6.07, 6.45) is -0.246. The third kappa shape index (κ3) is 8.09. The fourth-order valence-corrected chi connectivity index (χ4v) is 4.36. The molecule has 0 aliphatic heterocycles. The highest BCUT2D eigenvalue weighted by molar-refractivity contribution is 6.19. The van der Waals surface area contributed by atoms with Crippen molar-refractivity contribution in [2.75, 3.05) is 32.9 Å². The summed E-state index contributed by atoms with van der Waals surface area (Å²) in [5.74, 6) is -1.06. The number of carbonyl (C=O) groups is 3. The first kappa shape index (κ1) is 29.2. The molecule has 0 saturated carbocycles. The van der Waals surface area contributed by atoms with Crippen LogP contribution in [0.4, 0.5) is 4.79 Å². The molecule has 1 aliphatic carbocycles. The number of amides is 2. The summed E-state index contributed by atoms with van der Waals surface area (Å²) in [5, 5.41) is 2.81. The van der Waals surface area contributed by atoms with E-state index in [0.717, 1.165) is 22.3 Å². The van der Waals surface area contributed by atoms with Crippen molar-refractivity contribution in [3.05, 3.63) is 59.7 Å². The maximum absolute atomic E-state index is 12.9. The van der Waals surface area contributed by atoms with Crippen LogP contribution in [0.2, 0.25) is 6.32 Å². The third-order valence-electron chi connectivity index (χ3n) is 6.14. The van der Waals surface area contributed by atoms with Gasteiger partial charge in [0.25, 0.3) is 0 Å². The van der Waals surface area contributed by atoms with Gasteiger partial charge in [-0.3, -0.25) is 9.59 Å². The van der Waals surface area contributed by atoms with Crippen molar-refractivity contribution in [1.82, 2.24) is 10.2 Å². The number of carbonyl (C=O) groups excluding carboxylic acids is 3. The zero-order valence-corrected chi connectivity index (χ0v) is 22.7. The smallest absolute Gasteiger partial charge is 0.407 e. The number of benzene rings is 2. The third-order valence-corrected chi connectivity index (χ3v) is 6.14. The van der Waals surface area contributed by atoms with Crippen molar-refractivity contribution in [1.29, 1.82) is 0 Å². The normalized spacial score (nSPS) is 13.3. The largest absolute Gasteiger partial charge is 0.464 e. The van der Waals surface area contributed by atoms with Crippen molar-refractivity contribution >= 4 is 25.8 Å². The molecule has 2 aromatic rings. The maximum Gasteiger partial charge on any atom is 0.407 e. The SMILES string of the molecule is [B]CC(=O)N(CC(=O)OCCC)C[C@H](COC(C)(C)C)NC(=O)OCC1c2ccccc2-c2ccccc21. The topological polar surface area (TPSA) is 94.2 Å². The lowest BCUT2D eigenvalue weighted by atomic mass is 9.98. The first-order chi connectivity index (χ1) is 18.1. The van der Waals surface area contributed by atoms with Gasteiger partial charge in [-0.2, -0.15) is 0 Å². The number of rotatable bonds is 12. The van der Waals surface area contributed by atoms with Gasteiger partial charge in [-0.25, -0.2) is 4.79 Å². The van der Waals surface area contributed by atoms with Crippen LogP contribution < -0.4 is 5.32 Å². The molecule has 9 heteroatoms. The highest BCUT2D eigenvalue weighted by Crippen LogP contribution is 2.44. The molecule has 1 N–H and O–H groups in total. The Kier molecular flexibility index (Phi) is 10.4. The Morgan fingerprint density at radius 1 is 1.00 bits per heavy atom. The molecule has 0 unspecified atom stereocenters. The van der Waals surface area contributed by atoms with E-state index in [1.54, 1.807) is 0 Å². The fourth-order valence-electron chi connectivity index (χ4n) is 4.36. The highest BCUT2D eigenvalue weighted by Gasteiger charge is 2.30. The summed E-state index contributed by atoms with van der Waals surface area (Å²) in [4.78, 5) is 38.9. The van der Waals surface area contributed by atoms with E-state index in [2.05, 4.69) is 29.6 Å². The number of hydrogen-bond donors (Lipinski definition) is 1. The number of nitrogens with zero attached hydrogens (tertiary/aromatic N) is 1. The predicted molar refractivity (Wildman–Crippen MR) is 146 cm³/mol. The molecule has 0 spiro atoms. The number of alkyl carbamates (subject to hydrolysis) is 1. The van der Waals surface area contributed by atoms with E-state index in [0.29, 0.717) is 6.42 Å². The lowest BCUT2D eigenvalue weighted by Gasteiger charge is -2.30. The number of esters is 1. The first-order valence-electron chi connectivity index (χ1n) is 13.0. The summed E-state index contributed by atoms with van der Waals surface area (Å²) in [6, 6.07) is 15.6. The van der Waals surface area contributed by atoms with E-state index < -0.39 is 29.6 Å². The lowest BCUT2D eigenvalue weighted by molar-refractivity contribution is -0.149. The molecular formula is C29H37BN2O6. The van der Waals surface area contributed by atoms with Gasteiger partial charge in [0.1, 0.15) is 13.2 Å². The Bertz CT molecular complexity index is 1070. The first-order valence-corrected chi connectivity index (χ1v) is 13.0. The minimum Gasteiger partial charge on any atom is -0.464 e. The Labute approximate surface area is 226 Å². The number of nitrogens with one attached hydrogen (secondary N) is 1. The number of hydrogen-bond acceptors (Lipinski definition) is 6. The molecule has 38 heavy (non-hydrogen) atoms. The van der Waals surface area contributed by atoms with E-state index in [4.69, 9.17) is 22.1 Å². The Morgan fingerprint density at radius 3 is 2.16 bits per heavy atom. The minimum absolute atomic E-state index is 0.0114. The van der Waals surface area contributed by atoms with Crippen LogP contribution in [-0.4, -0.2) is 75.3 Å². The Morgan fingerprint density at radius 2 is 1.61 bits per heavy atom. The second kappa shape index (κ2) is 13.5. The van der Waals surface area contributed by atoms with E-state index >= 15 is 0 Å². The fraction of sp³-hybridized carbons (Fsp3) is 0.483. The molecular weight excluding hydrogens is 483 g/mol. The van der Waals surface area contributed by atoms with Gasteiger partial charge >= 0.3 is 12.1 Å². The van der Waals surface area contributed by atoms with Crippen molar-refractivity contribution in [2.45, 2.75) is 58.0 Å². The summed E-state index contributed by atoms with van der Waals surface area (Å²) in [5.41, 5.74) is 4.02. The van der Waals surface area contributed by atoms with Gasteiger partial charge in [0.15, 0.2) is 0 Å². The average molecular weight is 520 g/mol. The van der Waals surface area contributed by atoms with E-state index in [1.807, 2.05) is 52.0 Å². The second-order valence-electron chi connectivity index (χ2n) is 10.3. The molecule has 0 aromatic heterocycles. The van der Waals surface area contributed by atoms with Crippen LogP contribution >= 0.6 is 0 Å². The quantitative estimate of drug-likeness (QED) is 0.335. The average Bonchev–Trinajstić information content (AvgIpc) is 3.21. The molecule has 1 atom stereocenters. The van der Waals surface area contributed by atoms with Crippen LogP contribution in [0, 0.1) is 0 Å². The van der Waals surface area contributed by atoms with Crippen LogP contribution in [0.1, 0.15) is 51.2 Å². The maximum atomic E-state index is 12.9. The molecule has 0 fully saturated rings. The molecule has 0 saturated heterocycles. The summed E-state index contributed by atoms with van der Waals surface area (Å²) in [6.45, 7) is 7.82.